The van der Waals surface area contributed by atoms with Gasteiger partial charge in [0.25, 0.3) is 5.56 Å². The molecule has 2 aromatic carbocycles. The van der Waals surface area contributed by atoms with E-state index in [4.69, 9.17) is 4.74 Å². The van der Waals surface area contributed by atoms with Gasteiger partial charge in [0.1, 0.15) is 18.1 Å². The fraction of sp³-hybridized carbons (Fsp3) is 0.158. The second kappa shape index (κ2) is 6.48. The zero-order valence-electron chi connectivity index (χ0n) is 13.2. The van der Waals surface area contributed by atoms with Crippen LogP contribution in [0.4, 0.5) is 0 Å². The third kappa shape index (κ3) is 3.16. The number of hydrogen-bond donors (Lipinski definition) is 0. The summed E-state index contributed by atoms with van der Waals surface area (Å²) in [5.74, 6) is 0.939. The molecule has 0 aliphatic heterocycles. The summed E-state index contributed by atoms with van der Waals surface area (Å²) >= 11 is 0. The Morgan fingerprint density at radius 3 is 2.26 bits per heavy atom. The van der Waals surface area contributed by atoms with Gasteiger partial charge < -0.3 is 4.74 Å². The fourth-order valence-corrected chi connectivity index (χ4v) is 2.34. The SMILES string of the molecule is Cc1nc(-c2ccccc2)c(OCc2ccccc2)c(=O)n1C. The third-order valence-electron chi connectivity index (χ3n) is 3.75. The number of aryl methyl sites for hydroxylation is 1. The lowest BCUT2D eigenvalue weighted by Gasteiger charge is -2.13. The maximum atomic E-state index is 12.6. The molecule has 0 N–H and O–H groups in total. The van der Waals surface area contributed by atoms with Crippen molar-refractivity contribution in [3.8, 4) is 17.0 Å². The van der Waals surface area contributed by atoms with Crippen LogP contribution in [0.1, 0.15) is 11.4 Å². The highest BCUT2D eigenvalue weighted by atomic mass is 16.5. The van der Waals surface area contributed by atoms with Gasteiger partial charge in [0.15, 0.2) is 0 Å². The zero-order valence-corrected chi connectivity index (χ0v) is 13.2. The van der Waals surface area contributed by atoms with Crippen LogP contribution >= 0.6 is 0 Å². The summed E-state index contributed by atoms with van der Waals surface area (Å²) in [6, 6.07) is 19.4. The van der Waals surface area contributed by atoms with Gasteiger partial charge in [-0.25, -0.2) is 4.98 Å². The van der Waals surface area contributed by atoms with Crippen LogP contribution in [0.2, 0.25) is 0 Å². The molecule has 116 valence electrons. The molecule has 0 aliphatic carbocycles. The van der Waals surface area contributed by atoms with Crippen LogP contribution in [-0.2, 0) is 13.7 Å². The summed E-state index contributed by atoms with van der Waals surface area (Å²) in [5.41, 5.74) is 2.29. The minimum Gasteiger partial charge on any atom is -0.481 e. The normalized spacial score (nSPS) is 10.5. The predicted molar refractivity (Wildman–Crippen MR) is 90.4 cm³/mol. The smallest absolute Gasteiger partial charge is 0.296 e. The van der Waals surface area contributed by atoms with Crippen LogP contribution in [0.5, 0.6) is 5.75 Å². The third-order valence-corrected chi connectivity index (χ3v) is 3.75. The van der Waals surface area contributed by atoms with Gasteiger partial charge in [-0.3, -0.25) is 9.36 Å². The molecule has 0 amide bonds. The Morgan fingerprint density at radius 2 is 1.61 bits per heavy atom. The van der Waals surface area contributed by atoms with Crippen molar-refractivity contribution in [3.05, 3.63) is 82.4 Å². The van der Waals surface area contributed by atoms with E-state index in [1.807, 2.05) is 67.6 Å². The molecule has 3 aromatic rings. The van der Waals surface area contributed by atoms with Crippen LogP contribution in [-0.4, -0.2) is 9.55 Å². The number of nitrogens with zero attached hydrogens (tertiary/aromatic N) is 2. The lowest BCUT2D eigenvalue weighted by molar-refractivity contribution is 0.299. The molecule has 1 aromatic heterocycles. The molecule has 0 bridgehead atoms. The maximum Gasteiger partial charge on any atom is 0.296 e. The summed E-state index contributed by atoms with van der Waals surface area (Å²) in [6.45, 7) is 2.15. The van der Waals surface area contributed by atoms with E-state index in [9.17, 15) is 4.79 Å². The van der Waals surface area contributed by atoms with Crippen molar-refractivity contribution in [1.82, 2.24) is 9.55 Å². The Kier molecular flexibility index (Phi) is 4.24. The van der Waals surface area contributed by atoms with E-state index in [1.54, 1.807) is 7.05 Å². The number of rotatable bonds is 4. The van der Waals surface area contributed by atoms with Crippen molar-refractivity contribution in [2.45, 2.75) is 13.5 Å². The van der Waals surface area contributed by atoms with Crippen LogP contribution < -0.4 is 10.3 Å². The number of benzene rings is 2. The molecular formula is C19H18N2O2. The molecule has 3 rings (SSSR count). The average molecular weight is 306 g/mol. The molecule has 1 heterocycles. The topological polar surface area (TPSA) is 44.1 Å². The van der Waals surface area contributed by atoms with E-state index < -0.39 is 0 Å². The van der Waals surface area contributed by atoms with Crippen molar-refractivity contribution in [3.63, 3.8) is 0 Å². The Hall–Kier alpha value is -2.88. The van der Waals surface area contributed by atoms with Crippen molar-refractivity contribution < 1.29 is 4.74 Å². The van der Waals surface area contributed by atoms with E-state index in [0.29, 0.717) is 18.1 Å². The van der Waals surface area contributed by atoms with Crippen molar-refractivity contribution in [1.29, 1.82) is 0 Å². The van der Waals surface area contributed by atoms with E-state index >= 15 is 0 Å². The van der Waals surface area contributed by atoms with Crippen molar-refractivity contribution >= 4 is 0 Å². The highest BCUT2D eigenvalue weighted by molar-refractivity contribution is 5.65. The Bertz CT molecular complexity index is 856. The van der Waals surface area contributed by atoms with Gasteiger partial charge in [0.2, 0.25) is 5.75 Å². The first-order valence-electron chi connectivity index (χ1n) is 7.46. The van der Waals surface area contributed by atoms with E-state index in [0.717, 1.165) is 11.1 Å². The molecule has 0 unspecified atom stereocenters. The molecule has 0 spiro atoms. The number of hydrogen-bond acceptors (Lipinski definition) is 3. The fourth-order valence-electron chi connectivity index (χ4n) is 2.34. The second-order valence-corrected chi connectivity index (χ2v) is 5.34. The van der Waals surface area contributed by atoms with Crippen molar-refractivity contribution in [2.24, 2.45) is 7.05 Å². The van der Waals surface area contributed by atoms with E-state index in [2.05, 4.69) is 4.98 Å². The molecular weight excluding hydrogens is 288 g/mol. The number of aromatic nitrogens is 2. The summed E-state index contributed by atoms with van der Waals surface area (Å²) in [7, 11) is 1.70. The Morgan fingerprint density at radius 1 is 1.00 bits per heavy atom. The monoisotopic (exact) mass is 306 g/mol. The standard InChI is InChI=1S/C19H18N2O2/c1-14-20-17(16-11-7-4-8-12-16)18(19(22)21(14)2)23-13-15-9-5-3-6-10-15/h3-12H,13H2,1-2H3. The molecule has 0 atom stereocenters. The first-order valence-corrected chi connectivity index (χ1v) is 7.46. The van der Waals surface area contributed by atoms with Crippen LogP contribution in [0.25, 0.3) is 11.3 Å². The molecule has 4 nitrogen and oxygen atoms in total. The average Bonchev–Trinajstić information content (AvgIpc) is 2.60. The Balaban J connectivity index is 2.04. The summed E-state index contributed by atoms with van der Waals surface area (Å²) in [5, 5.41) is 0. The van der Waals surface area contributed by atoms with Crippen LogP contribution in [0, 0.1) is 6.92 Å². The molecule has 0 fully saturated rings. The molecule has 0 saturated heterocycles. The molecule has 0 radical (unpaired) electrons. The summed E-state index contributed by atoms with van der Waals surface area (Å²) in [4.78, 5) is 17.2. The Labute approximate surface area is 135 Å². The lowest BCUT2D eigenvalue weighted by atomic mass is 10.1. The first-order chi connectivity index (χ1) is 11.2. The highest BCUT2D eigenvalue weighted by Crippen LogP contribution is 2.25. The van der Waals surface area contributed by atoms with E-state index in [-0.39, 0.29) is 11.3 Å². The largest absolute Gasteiger partial charge is 0.481 e. The molecule has 0 aliphatic rings. The van der Waals surface area contributed by atoms with E-state index in [1.165, 1.54) is 4.57 Å². The minimum atomic E-state index is -0.174. The maximum absolute atomic E-state index is 12.6. The van der Waals surface area contributed by atoms with Gasteiger partial charge in [-0.2, -0.15) is 0 Å². The second-order valence-electron chi connectivity index (χ2n) is 5.34. The minimum absolute atomic E-state index is 0.174. The van der Waals surface area contributed by atoms with Crippen molar-refractivity contribution in [2.75, 3.05) is 0 Å². The first kappa shape index (κ1) is 15.0. The van der Waals surface area contributed by atoms with Gasteiger partial charge >= 0.3 is 0 Å². The zero-order chi connectivity index (χ0) is 16.2. The van der Waals surface area contributed by atoms with Crippen LogP contribution in [0.15, 0.2) is 65.5 Å². The summed E-state index contributed by atoms with van der Waals surface area (Å²) < 4.78 is 7.36. The molecule has 0 saturated carbocycles. The van der Waals surface area contributed by atoms with Gasteiger partial charge in [0, 0.05) is 12.6 Å². The molecule has 23 heavy (non-hydrogen) atoms. The number of ether oxygens (including phenoxy) is 1. The molecule has 4 heteroatoms. The van der Waals surface area contributed by atoms with Gasteiger partial charge in [-0.05, 0) is 12.5 Å². The predicted octanol–water partition coefficient (Wildman–Crippen LogP) is 3.33. The quantitative estimate of drug-likeness (QED) is 0.742. The van der Waals surface area contributed by atoms with Crippen LogP contribution in [0.3, 0.4) is 0 Å². The lowest BCUT2D eigenvalue weighted by Crippen LogP contribution is -2.23. The summed E-state index contributed by atoms with van der Waals surface area (Å²) in [6.07, 6.45) is 0. The van der Waals surface area contributed by atoms with Gasteiger partial charge in [0.05, 0.1) is 0 Å². The van der Waals surface area contributed by atoms with Gasteiger partial charge in [-0.1, -0.05) is 60.7 Å². The van der Waals surface area contributed by atoms with Gasteiger partial charge in [-0.15, -0.1) is 0 Å². The highest BCUT2D eigenvalue weighted by Gasteiger charge is 2.16.